The van der Waals surface area contributed by atoms with Crippen molar-refractivity contribution in [2.75, 3.05) is 12.3 Å². The zero-order valence-electron chi connectivity index (χ0n) is 20.4. The molecule has 0 saturated carbocycles. The van der Waals surface area contributed by atoms with Crippen LogP contribution in [0.2, 0.25) is 0 Å². The molecule has 15 heteroatoms. The van der Waals surface area contributed by atoms with E-state index in [-0.39, 0.29) is 49.5 Å². The molecule has 0 radical (unpaired) electrons. The fourth-order valence-electron chi connectivity index (χ4n) is 3.43. The van der Waals surface area contributed by atoms with Crippen LogP contribution in [0.4, 0.5) is 0 Å². The van der Waals surface area contributed by atoms with Gasteiger partial charge < -0.3 is 21.1 Å². The summed E-state index contributed by atoms with van der Waals surface area (Å²) in [5.74, 6) is -3.67. The third-order valence-electron chi connectivity index (χ3n) is 5.21. The molecule has 1 rings (SSSR count). The third-order valence-corrected chi connectivity index (χ3v) is 6.94. The lowest BCUT2D eigenvalue weighted by molar-refractivity contribution is -0.525. The van der Waals surface area contributed by atoms with Crippen LogP contribution in [0, 0.1) is 22.0 Å². The van der Waals surface area contributed by atoms with Crippen LogP contribution in [0.3, 0.4) is 0 Å². The van der Waals surface area contributed by atoms with E-state index >= 15 is 0 Å². The van der Waals surface area contributed by atoms with Crippen molar-refractivity contribution in [3.05, 3.63) is 40.4 Å². The van der Waals surface area contributed by atoms with Crippen LogP contribution in [0.1, 0.15) is 46.0 Å². The molecule has 1 aromatic carbocycles. The van der Waals surface area contributed by atoms with Gasteiger partial charge in [0.1, 0.15) is 5.78 Å². The maximum Gasteiger partial charge on any atom is 0.475 e. The third kappa shape index (κ3) is 12.1. The van der Waals surface area contributed by atoms with E-state index in [1.807, 2.05) is 13.8 Å². The van der Waals surface area contributed by atoms with E-state index in [1.54, 1.807) is 23.6 Å². The van der Waals surface area contributed by atoms with Crippen LogP contribution in [-0.2, 0) is 19.4 Å². The monoisotopic (exact) mass is 527 g/mol. The summed E-state index contributed by atoms with van der Waals surface area (Å²) in [7, 11) is -5.48. The van der Waals surface area contributed by atoms with Gasteiger partial charge in [-0.2, -0.15) is 0 Å². The average Bonchev–Trinajstić information content (AvgIpc) is 2.79. The number of hydrazine groups is 1. The number of nitrogens with zero attached hydrogens (tertiary/aromatic N) is 2. The molecule has 0 heterocycles. The number of nitrogens with two attached hydrogens (primary N) is 1. The van der Waals surface area contributed by atoms with Gasteiger partial charge in [-0.1, -0.05) is 37.5 Å². The number of sulfone groups is 1. The normalized spacial score (nSPS) is 13.6. The average molecular weight is 527 g/mol. The fourth-order valence-corrected chi connectivity index (χ4v) is 4.73. The van der Waals surface area contributed by atoms with Gasteiger partial charge in [-0.3, -0.25) is 9.59 Å². The minimum Gasteiger partial charge on any atom is -0.426 e. The second kappa shape index (κ2) is 15.2. The molecule has 1 amide bonds. The van der Waals surface area contributed by atoms with E-state index < -0.39 is 57.2 Å². The molecule has 6 N–H and O–H groups in total. The highest BCUT2D eigenvalue weighted by molar-refractivity contribution is 7.91. The van der Waals surface area contributed by atoms with Crippen molar-refractivity contribution in [2.45, 2.75) is 56.8 Å². The number of hydrogen-bond donors (Lipinski definition) is 5. The van der Waals surface area contributed by atoms with Crippen molar-refractivity contribution in [1.82, 2.24) is 10.7 Å². The lowest BCUT2D eigenvalue weighted by Gasteiger charge is -2.23. The molecular formula is C21H34BN5O8S. The zero-order valence-corrected chi connectivity index (χ0v) is 21.2. The van der Waals surface area contributed by atoms with Gasteiger partial charge in [0, 0.05) is 25.3 Å². The van der Waals surface area contributed by atoms with Crippen molar-refractivity contribution in [3.8, 4) is 0 Å². The lowest BCUT2D eigenvalue weighted by Crippen LogP contribution is -2.49. The number of nitrogens with one attached hydrogen (secondary N) is 2. The Bertz CT molecular complexity index is 1000. The number of rotatable bonds is 16. The fraction of sp³-hybridized carbons (Fsp3) is 0.571. The van der Waals surface area contributed by atoms with Gasteiger partial charge in [0.05, 0.1) is 16.6 Å². The van der Waals surface area contributed by atoms with Crippen molar-refractivity contribution in [3.63, 3.8) is 0 Å². The predicted octanol–water partition coefficient (Wildman–Crippen LogP) is -0.155. The highest BCUT2D eigenvalue weighted by Crippen LogP contribution is 2.17. The number of ketones is 1. The molecule has 0 spiro atoms. The summed E-state index contributed by atoms with van der Waals surface area (Å²) in [6, 6.07) is 7.70. The smallest absolute Gasteiger partial charge is 0.426 e. The number of Topliss-reactive ketones (excluding diaryl/α,β-unsaturated/α-hetero) is 1. The molecule has 13 nitrogen and oxygen atoms in total. The Morgan fingerprint density at radius 1 is 1.22 bits per heavy atom. The quantitative estimate of drug-likeness (QED) is 0.0478. The Morgan fingerprint density at radius 3 is 2.42 bits per heavy atom. The zero-order chi connectivity index (χ0) is 27.3. The lowest BCUT2D eigenvalue weighted by atomic mass is 9.74. The molecule has 0 fully saturated rings. The van der Waals surface area contributed by atoms with Crippen LogP contribution in [0.5, 0.6) is 0 Å². The molecule has 36 heavy (non-hydrogen) atoms. The van der Waals surface area contributed by atoms with E-state index in [2.05, 4.69) is 10.3 Å². The SMILES string of the molecule is CC(C)C[C@H](NC(=O)[C@H](CCCN=C(N)N[N+](=O)[O-])CC(=O)CCS(=O)(=O)c1ccccc1)B(O)O. The van der Waals surface area contributed by atoms with E-state index in [0.717, 1.165) is 0 Å². The van der Waals surface area contributed by atoms with Gasteiger partial charge in [-0.05, 0) is 37.3 Å². The minimum atomic E-state index is -3.68. The van der Waals surface area contributed by atoms with Gasteiger partial charge in [0.2, 0.25) is 5.91 Å². The molecule has 0 aliphatic heterocycles. The number of nitro groups is 1. The molecule has 0 aliphatic rings. The van der Waals surface area contributed by atoms with Gasteiger partial charge in [-0.15, -0.1) is 0 Å². The molecule has 1 aromatic rings. The van der Waals surface area contributed by atoms with Crippen molar-refractivity contribution in [2.24, 2.45) is 22.6 Å². The van der Waals surface area contributed by atoms with Crippen LogP contribution < -0.4 is 16.5 Å². The maximum atomic E-state index is 12.9. The van der Waals surface area contributed by atoms with E-state index in [9.17, 15) is 38.2 Å². The first-order valence-corrected chi connectivity index (χ1v) is 13.1. The van der Waals surface area contributed by atoms with Crippen LogP contribution in [0.15, 0.2) is 40.2 Å². The van der Waals surface area contributed by atoms with E-state index in [1.165, 1.54) is 12.1 Å². The van der Waals surface area contributed by atoms with Crippen LogP contribution in [0.25, 0.3) is 0 Å². The number of hydrogen-bond acceptors (Lipinski definition) is 9. The maximum absolute atomic E-state index is 12.9. The molecule has 0 unspecified atom stereocenters. The summed E-state index contributed by atoms with van der Waals surface area (Å²) in [5, 5.41) is 31.3. The number of benzene rings is 1. The first-order chi connectivity index (χ1) is 16.8. The molecule has 0 aromatic heterocycles. The summed E-state index contributed by atoms with van der Waals surface area (Å²) in [4.78, 5) is 39.8. The van der Waals surface area contributed by atoms with E-state index in [0.29, 0.717) is 0 Å². The Balaban J connectivity index is 2.85. The number of amides is 1. The first kappa shape index (κ1) is 31.0. The molecule has 200 valence electrons. The number of carbonyl (C=O) groups is 2. The van der Waals surface area contributed by atoms with Crippen molar-refractivity contribution >= 4 is 34.6 Å². The summed E-state index contributed by atoms with van der Waals surface area (Å²) in [6.45, 7) is 3.72. The first-order valence-electron chi connectivity index (χ1n) is 11.5. The molecule has 0 aliphatic carbocycles. The highest BCUT2D eigenvalue weighted by atomic mass is 32.2. The Labute approximate surface area is 210 Å². The second-order valence-corrected chi connectivity index (χ2v) is 10.9. The van der Waals surface area contributed by atoms with Gasteiger partial charge in [0.15, 0.2) is 14.9 Å². The summed E-state index contributed by atoms with van der Waals surface area (Å²) in [5.41, 5.74) is 7.05. The van der Waals surface area contributed by atoms with Crippen LogP contribution in [-0.4, -0.2) is 66.5 Å². The number of aliphatic imine (C=N–C) groups is 1. The largest absolute Gasteiger partial charge is 0.475 e. The highest BCUT2D eigenvalue weighted by Gasteiger charge is 2.30. The van der Waals surface area contributed by atoms with Gasteiger partial charge in [-0.25, -0.2) is 23.5 Å². The van der Waals surface area contributed by atoms with Gasteiger partial charge >= 0.3 is 7.12 Å². The number of carbonyl (C=O) groups excluding carboxylic acids is 2. The molecular weight excluding hydrogens is 493 g/mol. The van der Waals surface area contributed by atoms with E-state index in [4.69, 9.17) is 5.73 Å². The second-order valence-electron chi connectivity index (χ2n) is 8.76. The molecule has 0 saturated heterocycles. The Morgan fingerprint density at radius 2 is 1.86 bits per heavy atom. The van der Waals surface area contributed by atoms with Crippen molar-refractivity contribution in [1.29, 1.82) is 0 Å². The standard InChI is InChI=1S/C21H34BN5O8S/c1-15(2)13-19(22(30)31)25-20(29)16(7-6-11-24-21(23)26-27(32)33)14-17(28)10-12-36(34,35)18-8-4-3-5-9-18/h3-5,8-9,15-16,19,30-31H,6-7,10-14H2,1-2H3,(H,25,29)(H3,23,24,26)/t16-,19+/m1/s1. The Hall–Kier alpha value is -3.04. The topological polar surface area (TPSA) is 214 Å². The Kier molecular flexibility index (Phi) is 13.1. The van der Waals surface area contributed by atoms with Gasteiger partial charge in [0.25, 0.3) is 5.96 Å². The minimum absolute atomic E-state index is 0.0328. The predicted molar refractivity (Wildman–Crippen MR) is 134 cm³/mol. The number of guanidine groups is 1. The molecule has 2 atom stereocenters. The summed E-state index contributed by atoms with van der Waals surface area (Å²) >= 11 is 0. The van der Waals surface area contributed by atoms with Crippen LogP contribution >= 0.6 is 0 Å². The summed E-state index contributed by atoms with van der Waals surface area (Å²) in [6.07, 6.45) is 0.0978. The van der Waals surface area contributed by atoms with Crippen molar-refractivity contribution < 1.29 is 33.1 Å². The molecule has 0 bridgehead atoms. The summed E-state index contributed by atoms with van der Waals surface area (Å²) < 4.78 is 24.9.